The summed E-state index contributed by atoms with van der Waals surface area (Å²) in [5.41, 5.74) is 0. The molecule has 0 radical (unpaired) electrons. The molecule has 0 amide bonds. The number of hydrogen-bond donors (Lipinski definition) is 0. The molecule has 0 saturated heterocycles. The second-order valence-corrected chi connectivity index (χ2v) is 18.8. The van der Waals surface area contributed by atoms with Crippen LogP contribution in [0.4, 0.5) is 26.3 Å². The van der Waals surface area contributed by atoms with Crippen LogP contribution in [0.5, 0.6) is 0 Å². The summed E-state index contributed by atoms with van der Waals surface area (Å²) in [5.74, 6) is 4.35. The summed E-state index contributed by atoms with van der Waals surface area (Å²) in [6, 6.07) is 4.16. The van der Waals surface area contributed by atoms with Gasteiger partial charge in [-0.1, -0.05) is 119 Å². The maximum Gasteiger partial charge on any atom is 4.00 e. The van der Waals surface area contributed by atoms with Crippen molar-refractivity contribution >= 4 is 18.7 Å². The first-order valence-electron chi connectivity index (χ1n) is 14.9. The van der Waals surface area contributed by atoms with Crippen LogP contribution in [0.15, 0.2) is 24.3 Å². The van der Waals surface area contributed by atoms with Gasteiger partial charge in [0.15, 0.2) is 0 Å². The molecule has 1 aromatic carbocycles. The summed E-state index contributed by atoms with van der Waals surface area (Å²) in [5, 5.41) is 2.89. The maximum atomic E-state index is 12.1. The van der Waals surface area contributed by atoms with Gasteiger partial charge in [0.05, 0.1) is 0 Å². The van der Waals surface area contributed by atoms with Crippen molar-refractivity contribution in [3.63, 3.8) is 0 Å². The molecule has 0 unspecified atom stereocenters. The molecule has 0 aliphatic carbocycles. The minimum atomic E-state index is -5.46. The van der Waals surface area contributed by atoms with Crippen LogP contribution in [-0.4, -0.2) is 63.6 Å². The van der Waals surface area contributed by atoms with Crippen LogP contribution < -0.4 is 4.40 Å². The first kappa shape index (κ1) is 49.1. The summed E-state index contributed by atoms with van der Waals surface area (Å²) in [6.07, 6.45) is 0. The van der Waals surface area contributed by atoms with Gasteiger partial charge in [-0.2, -0.15) is 0 Å². The van der Waals surface area contributed by atoms with Crippen LogP contribution in [0.3, 0.4) is 0 Å². The fourth-order valence-corrected chi connectivity index (χ4v) is 6.56. The third-order valence-corrected chi connectivity index (χ3v) is 9.60. The average Bonchev–Trinajstić information content (AvgIpc) is 3.25. The Hall–Kier alpha value is 0.236. The van der Waals surface area contributed by atoms with Crippen LogP contribution in [0.2, 0.25) is 0 Å². The van der Waals surface area contributed by atoms with Gasteiger partial charge in [-0.05, 0) is 0 Å². The second kappa shape index (κ2) is 27.5. The molecule has 0 fully saturated rings. The molecule has 0 aromatic heterocycles. The number of nitrogens with zero attached hydrogens (tertiary/aromatic N) is 3. The maximum absolute atomic E-state index is 12.1. The van der Waals surface area contributed by atoms with Crippen molar-refractivity contribution in [3.8, 4) is 0 Å². The van der Waals surface area contributed by atoms with E-state index in [1.165, 1.54) is 12.1 Å². The Morgan fingerprint density at radius 1 is 0.476 bits per heavy atom. The zero-order valence-corrected chi connectivity index (χ0v) is 33.1. The van der Waals surface area contributed by atoms with E-state index < -0.39 is 28.8 Å². The van der Waals surface area contributed by atoms with Crippen molar-refractivity contribution in [2.45, 2.75) is 93.1 Å². The first-order valence-corrected chi connectivity index (χ1v) is 18.5. The van der Waals surface area contributed by atoms with Crippen molar-refractivity contribution in [1.82, 2.24) is 0 Å². The van der Waals surface area contributed by atoms with E-state index in [4.69, 9.17) is 0 Å². The Morgan fingerprint density at radius 3 is 0.810 bits per heavy atom. The molecule has 0 atom stereocenters. The van der Waals surface area contributed by atoms with E-state index >= 15 is 0 Å². The summed E-state index contributed by atoms with van der Waals surface area (Å²) in [7, 11) is 0. The van der Waals surface area contributed by atoms with Gasteiger partial charge in [0.25, 0.3) is 0 Å². The summed E-state index contributed by atoms with van der Waals surface area (Å²) >= 11 is -5.46. The topological polar surface area (TPSA) is 42.3 Å². The van der Waals surface area contributed by atoms with Crippen molar-refractivity contribution in [1.29, 1.82) is 0 Å². The van der Waals surface area contributed by atoms with Crippen molar-refractivity contribution in [2.75, 3.05) is 39.3 Å². The third kappa shape index (κ3) is 36.4. The van der Waals surface area contributed by atoms with Crippen LogP contribution in [0, 0.1) is 35.5 Å². The van der Waals surface area contributed by atoms with Gasteiger partial charge in [-0.25, -0.2) is 0 Å². The van der Waals surface area contributed by atoms with Gasteiger partial charge >= 0.3 is 106 Å². The minimum Gasteiger partial charge on any atom is 4.00 e. The molecule has 0 heterocycles. The minimum absolute atomic E-state index is 0. The Morgan fingerprint density at radius 2 is 0.667 bits per heavy atom. The van der Waals surface area contributed by atoms with E-state index in [9.17, 15) is 26.3 Å². The fourth-order valence-electron chi connectivity index (χ4n) is 2.92. The van der Waals surface area contributed by atoms with Gasteiger partial charge < -0.3 is 16.0 Å². The fraction of sp³-hybridized carbons (Fsp3) is 0.839. The standard InChI is InChI=1S/3C8H18N.C7H5F6Ge.Zr/c3*1-7(2)5-9-6-8(3)4;8-6(9,10)14(7(11,12)13)5-3-1-2-4-5;/h3*7-8H,5-6H2,1-4H3;1-4,14H;/q4*-1;+4. The summed E-state index contributed by atoms with van der Waals surface area (Å²) in [4.78, 5) is 0. The van der Waals surface area contributed by atoms with Crippen molar-refractivity contribution in [2.24, 2.45) is 35.5 Å². The molecular weight excluding hydrogens is 692 g/mol. The predicted molar refractivity (Wildman–Crippen MR) is 169 cm³/mol. The van der Waals surface area contributed by atoms with E-state index in [0.717, 1.165) is 86.9 Å². The molecule has 0 saturated carbocycles. The molecule has 1 aromatic rings. The third-order valence-electron chi connectivity index (χ3n) is 4.64. The normalized spacial score (nSPS) is 11.8. The van der Waals surface area contributed by atoms with E-state index in [-0.39, 0.29) is 26.2 Å². The molecule has 0 bridgehead atoms. The van der Waals surface area contributed by atoms with Gasteiger partial charge in [-0.15, -0.1) is 39.3 Å². The van der Waals surface area contributed by atoms with Gasteiger partial charge in [-0.3, -0.25) is 0 Å². The average molecular weight is 752 g/mol. The van der Waals surface area contributed by atoms with Crippen LogP contribution >= 0.6 is 0 Å². The molecule has 0 aliphatic rings. The predicted octanol–water partition coefficient (Wildman–Crippen LogP) is 10.1. The Balaban J connectivity index is -0.000000233. The smallest absolute Gasteiger partial charge is 4.00 e. The van der Waals surface area contributed by atoms with Crippen LogP contribution in [0.25, 0.3) is 16.0 Å². The number of hydrogen-bond acceptors (Lipinski definition) is 0. The number of rotatable bonds is 13. The molecular formula is C31H59F6GeN3Zr. The molecule has 248 valence electrons. The molecule has 1 rings (SSSR count). The van der Waals surface area contributed by atoms with Gasteiger partial charge in [0, 0.05) is 0 Å². The Bertz CT molecular complexity index is 596. The quantitative estimate of drug-likeness (QED) is 0.110. The van der Waals surface area contributed by atoms with Crippen molar-refractivity contribution < 1.29 is 52.5 Å². The zero-order chi connectivity index (χ0) is 32.8. The van der Waals surface area contributed by atoms with E-state index in [1.54, 1.807) is 0 Å². The second-order valence-electron chi connectivity index (χ2n) is 12.9. The molecule has 0 aliphatic heterocycles. The van der Waals surface area contributed by atoms with Gasteiger partial charge in [0.1, 0.15) is 0 Å². The van der Waals surface area contributed by atoms with E-state index in [0.29, 0.717) is 0 Å². The first-order chi connectivity index (χ1) is 18.6. The molecule has 3 nitrogen and oxygen atoms in total. The Labute approximate surface area is 278 Å². The van der Waals surface area contributed by atoms with Crippen LogP contribution in [0.1, 0.15) is 83.1 Å². The monoisotopic (exact) mass is 751 g/mol. The summed E-state index contributed by atoms with van der Waals surface area (Å²) < 4.78 is 72.3. The number of halogens is 6. The number of alkyl halides is 6. The van der Waals surface area contributed by atoms with E-state index in [1.807, 2.05) is 0 Å². The van der Waals surface area contributed by atoms with Crippen molar-refractivity contribution in [3.05, 3.63) is 40.2 Å². The Kier molecular flexibility index (Phi) is 32.2. The largest absolute Gasteiger partial charge is 4.00 e. The van der Waals surface area contributed by atoms with E-state index in [2.05, 4.69) is 99.0 Å². The SMILES string of the molecule is CC(C)C[N-]CC(C)C.CC(C)C[N-]CC(C)C.CC(C)C[N-]CC(C)C.F[C](F)(F)[GeH]([c-]1cccc1)[C](F)(F)F.[Zr+4]. The summed E-state index contributed by atoms with van der Waals surface area (Å²) in [6.45, 7) is 32.5. The molecule has 0 spiro atoms. The molecule has 11 heteroatoms. The van der Waals surface area contributed by atoms with Crippen LogP contribution in [-0.2, 0) is 26.2 Å². The molecule has 0 N–H and O–H groups in total. The zero-order valence-electron chi connectivity index (χ0n) is 28.2. The van der Waals surface area contributed by atoms with Gasteiger partial charge in [0.2, 0.25) is 0 Å². The molecule has 42 heavy (non-hydrogen) atoms.